The summed E-state index contributed by atoms with van der Waals surface area (Å²) in [5, 5.41) is 26.7. The maximum absolute atomic E-state index is 14.4. The summed E-state index contributed by atoms with van der Waals surface area (Å²) in [6.07, 6.45) is 8.44. The predicted molar refractivity (Wildman–Crippen MR) is 246 cm³/mol. The number of oxime groups is 1. The highest BCUT2D eigenvalue weighted by molar-refractivity contribution is 6.03. The third-order valence-corrected chi connectivity index (χ3v) is 13.0. The van der Waals surface area contributed by atoms with Gasteiger partial charge in [-0.1, -0.05) is 115 Å². The van der Waals surface area contributed by atoms with Gasteiger partial charge in [0.05, 0.1) is 31.9 Å². The van der Waals surface area contributed by atoms with Gasteiger partial charge >= 0.3 is 6.09 Å². The summed E-state index contributed by atoms with van der Waals surface area (Å²) in [6, 6.07) is 37.9. The number of allylic oxidation sites excluding steroid dienone is 1. The number of hydrogen-bond donors (Lipinski definition) is 2. The van der Waals surface area contributed by atoms with Crippen LogP contribution in [0.5, 0.6) is 17.2 Å². The predicted octanol–water partition coefficient (Wildman–Crippen LogP) is 10.8. The molecule has 8 rings (SSSR count). The molecule has 10 heteroatoms. The Balaban J connectivity index is 1.29. The van der Waals surface area contributed by atoms with Crippen LogP contribution in [-0.4, -0.2) is 72.8 Å². The molecule has 0 bridgehead atoms. The zero-order valence-electron chi connectivity index (χ0n) is 36.2. The fraction of sp³-hybridized carbons (Fsp3) is 0.358. The monoisotopic (exact) mass is 850 g/mol. The number of hydrogen-bond acceptors (Lipinski definition) is 9. The number of carbonyl (C=O) groups is 1. The van der Waals surface area contributed by atoms with E-state index in [4.69, 9.17) is 28.9 Å². The Labute approximate surface area is 370 Å². The number of ether oxygens (including phenoxy) is 4. The van der Waals surface area contributed by atoms with Crippen molar-refractivity contribution in [3.63, 3.8) is 0 Å². The Kier molecular flexibility index (Phi) is 13.9. The fourth-order valence-corrected chi connectivity index (χ4v) is 10.3. The molecule has 1 heterocycles. The zero-order valence-corrected chi connectivity index (χ0v) is 36.2. The van der Waals surface area contributed by atoms with E-state index in [0.29, 0.717) is 35.8 Å². The van der Waals surface area contributed by atoms with E-state index in [1.165, 1.54) is 7.11 Å². The normalized spacial score (nSPS) is 22.9. The van der Waals surface area contributed by atoms with Crippen molar-refractivity contribution in [2.75, 3.05) is 34.0 Å². The lowest BCUT2D eigenvalue weighted by Gasteiger charge is -2.59. The minimum absolute atomic E-state index is 0.0611. The number of unbranched alkanes of at least 4 members (excludes halogenated alkanes) is 2. The summed E-state index contributed by atoms with van der Waals surface area (Å²) in [7, 11) is 2.95. The van der Waals surface area contributed by atoms with Gasteiger partial charge in [0.15, 0.2) is 0 Å². The second-order valence-corrected chi connectivity index (χ2v) is 16.7. The molecule has 1 saturated carbocycles. The molecule has 0 spiro atoms. The van der Waals surface area contributed by atoms with Crippen molar-refractivity contribution < 1.29 is 38.8 Å². The highest BCUT2D eigenvalue weighted by Crippen LogP contribution is 2.62. The third kappa shape index (κ3) is 8.98. The van der Waals surface area contributed by atoms with Crippen LogP contribution in [0.15, 0.2) is 145 Å². The lowest BCUT2D eigenvalue weighted by molar-refractivity contribution is -0.256. The molecule has 2 aliphatic carbocycles. The van der Waals surface area contributed by atoms with Crippen molar-refractivity contribution in [1.29, 1.82) is 0 Å². The summed E-state index contributed by atoms with van der Waals surface area (Å²) in [5.41, 5.74) is 5.81. The number of nitrogens with zero attached hydrogens (tertiary/aromatic N) is 2. The molecule has 0 unspecified atom stereocenters. The van der Waals surface area contributed by atoms with Crippen molar-refractivity contribution in [2.24, 2.45) is 22.9 Å². The highest BCUT2D eigenvalue weighted by atomic mass is 16.7. The molecular formula is C53H58N2O8. The van der Waals surface area contributed by atoms with Gasteiger partial charge in [-0.15, -0.1) is 6.58 Å². The minimum Gasteiger partial charge on any atom is -0.459 e. The van der Waals surface area contributed by atoms with E-state index < -0.39 is 23.8 Å². The molecule has 2 N–H and O–H groups in total. The van der Waals surface area contributed by atoms with E-state index in [9.17, 15) is 15.0 Å². The number of carbonyl (C=O) groups excluding carboxylic acids is 1. The zero-order chi connectivity index (χ0) is 43.8. The van der Waals surface area contributed by atoms with Crippen LogP contribution in [0.3, 0.4) is 0 Å². The quantitative estimate of drug-likeness (QED) is 0.0508. The molecule has 63 heavy (non-hydrogen) atoms. The van der Waals surface area contributed by atoms with Gasteiger partial charge in [0.2, 0.25) is 5.79 Å². The SMILES string of the molecule is C=CCO[C@@]12Oc3ccc(Oc4ccc(-c5ccccc5)cc4)cc3[C@H]3[C@H](CCCCO)[C@@H](CCCCO)C=C(C(=NOC)C[C@@H]1N(Cc1cccc4ccccc14)C(=O)OC)[C@H]32. The number of aliphatic hydroxyl groups is 2. The fourth-order valence-electron chi connectivity index (χ4n) is 10.3. The second kappa shape index (κ2) is 20.1. The molecule has 1 fully saturated rings. The largest absolute Gasteiger partial charge is 0.459 e. The number of benzene rings is 5. The van der Waals surface area contributed by atoms with Crippen LogP contribution in [0, 0.1) is 17.8 Å². The van der Waals surface area contributed by atoms with Crippen molar-refractivity contribution in [1.82, 2.24) is 4.90 Å². The van der Waals surface area contributed by atoms with Gasteiger partial charge in [-0.3, -0.25) is 4.90 Å². The maximum atomic E-state index is 14.4. The third-order valence-electron chi connectivity index (χ3n) is 13.0. The van der Waals surface area contributed by atoms with Crippen LogP contribution >= 0.6 is 0 Å². The molecule has 3 aliphatic rings. The molecule has 0 saturated heterocycles. The van der Waals surface area contributed by atoms with Gasteiger partial charge in [0.1, 0.15) is 30.4 Å². The first-order chi connectivity index (χ1) is 30.9. The van der Waals surface area contributed by atoms with E-state index in [2.05, 4.69) is 61.2 Å². The molecule has 1 aliphatic heterocycles. The number of fused-ring (bicyclic) bond motifs is 3. The van der Waals surface area contributed by atoms with Crippen molar-refractivity contribution >= 4 is 22.6 Å². The number of aliphatic hydroxyl groups excluding tert-OH is 2. The van der Waals surface area contributed by atoms with Gasteiger partial charge in [-0.2, -0.15) is 0 Å². The molecular weight excluding hydrogens is 793 g/mol. The first-order valence-corrected chi connectivity index (χ1v) is 22.2. The van der Waals surface area contributed by atoms with Crippen LogP contribution < -0.4 is 9.47 Å². The van der Waals surface area contributed by atoms with Crippen LogP contribution in [0.1, 0.15) is 62.0 Å². The summed E-state index contributed by atoms with van der Waals surface area (Å²) in [5.74, 6) is 0.0626. The van der Waals surface area contributed by atoms with Crippen LogP contribution in [0.25, 0.3) is 21.9 Å². The van der Waals surface area contributed by atoms with Crippen LogP contribution in [-0.2, 0) is 20.9 Å². The van der Waals surface area contributed by atoms with E-state index >= 15 is 0 Å². The Morgan fingerprint density at radius 1 is 0.857 bits per heavy atom. The van der Waals surface area contributed by atoms with Crippen molar-refractivity contribution in [2.45, 2.75) is 69.2 Å². The average Bonchev–Trinajstić information content (AvgIpc) is 3.32. The lowest BCUT2D eigenvalue weighted by Crippen LogP contribution is -2.70. The van der Waals surface area contributed by atoms with Crippen molar-refractivity contribution in [3.8, 4) is 28.4 Å². The molecule has 5 aromatic carbocycles. The maximum Gasteiger partial charge on any atom is 0.410 e. The van der Waals surface area contributed by atoms with Crippen molar-refractivity contribution in [3.05, 3.63) is 151 Å². The Hall–Kier alpha value is -5.94. The smallest absolute Gasteiger partial charge is 0.410 e. The van der Waals surface area contributed by atoms with Gasteiger partial charge in [0, 0.05) is 31.1 Å². The van der Waals surface area contributed by atoms with E-state index in [-0.39, 0.29) is 50.5 Å². The first-order valence-electron chi connectivity index (χ1n) is 22.2. The topological polar surface area (TPSA) is 119 Å². The number of methoxy groups -OCH3 is 1. The van der Waals surface area contributed by atoms with Gasteiger partial charge in [0.25, 0.3) is 0 Å². The molecule has 1 amide bonds. The van der Waals surface area contributed by atoms with E-state index in [1.807, 2.05) is 66.7 Å². The summed E-state index contributed by atoms with van der Waals surface area (Å²) >= 11 is 0. The standard InChI is InChI=1S/C53H58N2O8/c1-4-31-61-53-49(55(52(58)59-2)35-40-20-14-19-38-17-8-9-21-43(38)40)34-47(54-60-3)45-32-39(18-10-12-29-56)44(22-11-13-30-57)50(51(45)53)46-33-42(27-28-48(46)63-53)62-41-25-23-37(24-26-41)36-15-6-5-7-16-36/h4-9,14-17,19-21,23-28,32-33,39,44,49-51,56-57H,1,10-13,18,22,29-31,34-35H2,2-3H3/t39-,44+,49-,50+,51+,53+/m0/s1. The van der Waals surface area contributed by atoms with Gasteiger partial charge in [-0.05, 0) is 101 Å². The Bertz CT molecular complexity index is 2410. The highest BCUT2D eigenvalue weighted by Gasteiger charge is 2.65. The Morgan fingerprint density at radius 2 is 1.57 bits per heavy atom. The molecule has 0 aromatic heterocycles. The van der Waals surface area contributed by atoms with Gasteiger partial charge in [-0.25, -0.2) is 4.79 Å². The van der Waals surface area contributed by atoms with Crippen LogP contribution in [0.4, 0.5) is 4.79 Å². The number of amides is 1. The molecule has 6 atom stereocenters. The molecule has 5 aromatic rings. The second-order valence-electron chi connectivity index (χ2n) is 16.7. The summed E-state index contributed by atoms with van der Waals surface area (Å²) in [4.78, 5) is 21.7. The van der Waals surface area contributed by atoms with E-state index in [0.717, 1.165) is 64.3 Å². The molecule has 0 radical (unpaired) electrons. The lowest BCUT2D eigenvalue weighted by atomic mass is 9.55. The summed E-state index contributed by atoms with van der Waals surface area (Å²) < 4.78 is 26.7. The van der Waals surface area contributed by atoms with Crippen LogP contribution in [0.2, 0.25) is 0 Å². The van der Waals surface area contributed by atoms with E-state index in [1.54, 1.807) is 18.1 Å². The molecule has 328 valence electrons. The summed E-state index contributed by atoms with van der Waals surface area (Å²) in [6.45, 7) is 4.63. The van der Waals surface area contributed by atoms with Gasteiger partial charge < -0.3 is 34.0 Å². The average molecular weight is 851 g/mol. The molecule has 10 nitrogen and oxygen atoms in total. The number of rotatable bonds is 18. The minimum atomic E-state index is -1.43. The first kappa shape index (κ1) is 43.7. The Morgan fingerprint density at radius 3 is 2.32 bits per heavy atom.